The van der Waals surface area contributed by atoms with Gasteiger partial charge in [-0.2, -0.15) is 0 Å². The van der Waals surface area contributed by atoms with Crippen LogP contribution >= 0.6 is 27.5 Å². The van der Waals surface area contributed by atoms with Crippen LogP contribution in [0.5, 0.6) is 11.5 Å². The van der Waals surface area contributed by atoms with E-state index in [4.69, 9.17) is 21.1 Å². The Morgan fingerprint density at radius 1 is 1.29 bits per heavy atom. The third-order valence-electron chi connectivity index (χ3n) is 2.66. The van der Waals surface area contributed by atoms with Gasteiger partial charge in [-0.25, -0.2) is 0 Å². The van der Waals surface area contributed by atoms with Crippen molar-refractivity contribution in [2.75, 3.05) is 14.2 Å². The van der Waals surface area contributed by atoms with Gasteiger partial charge in [0, 0.05) is 5.56 Å². The summed E-state index contributed by atoms with van der Waals surface area (Å²) in [6.07, 6.45) is 3.21. The molecule has 0 aliphatic carbocycles. The van der Waals surface area contributed by atoms with Gasteiger partial charge in [0.15, 0.2) is 0 Å². The first kappa shape index (κ1) is 14.7. The molecule has 4 heteroatoms. The number of ether oxygens (including phenoxy) is 2. The minimum atomic E-state index is -0.0212. The molecule has 17 heavy (non-hydrogen) atoms. The average Bonchev–Trinajstić information content (AvgIpc) is 2.35. The molecule has 0 radical (unpaired) electrons. The van der Waals surface area contributed by atoms with Crippen molar-refractivity contribution in [2.45, 2.75) is 31.6 Å². The fourth-order valence-electron chi connectivity index (χ4n) is 1.70. The molecule has 2 nitrogen and oxygen atoms in total. The molecule has 1 rings (SSSR count). The molecule has 0 spiro atoms. The van der Waals surface area contributed by atoms with Crippen molar-refractivity contribution in [3.63, 3.8) is 0 Å². The predicted octanol–water partition coefficient (Wildman–Crippen LogP) is 4.94. The summed E-state index contributed by atoms with van der Waals surface area (Å²) in [6, 6.07) is 3.87. The highest BCUT2D eigenvalue weighted by Gasteiger charge is 2.18. The second-order valence-electron chi connectivity index (χ2n) is 3.81. The third kappa shape index (κ3) is 3.52. The Kier molecular flexibility index (Phi) is 6.14. The van der Waals surface area contributed by atoms with Crippen molar-refractivity contribution in [1.82, 2.24) is 0 Å². The van der Waals surface area contributed by atoms with Crippen LogP contribution < -0.4 is 9.47 Å². The maximum Gasteiger partial charge on any atom is 0.141 e. The zero-order valence-electron chi connectivity index (χ0n) is 10.4. The Morgan fingerprint density at radius 2 is 2.00 bits per heavy atom. The fourth-order valence-corrected chi connectivity index (χ4v) is 2.71. The zero-order chi connectivity index (χ0) is 12.8. The van der Waals surface area contributed by atoms with E-state index in [0.717, 1.165) is 40.8 Å². The molecule has 96 valence electrons. The molecule has 0 saturated carbocycles. The molecule has 0 amide bonds. The molecule has 0 bridgehead atoms. The van der Waals surface area contributed by atoms with E-state index in [0.29, 0.717) is 0 Å². The molecular formula is C13H18BrClO2. The van der Waals surface area contributed by atoms with Crippen molar-refractivity contribution in [1.29, 1.82) is 0 Å². The molecular weight excluding hydrogens is 303 g/mol. The van der Waals surface area contributed by atoms with Crippen molar-refractivity contribution in [3.8, 4) is 11.5 Å². The van der Waals surface area contributed by atoms with Crippen molar-refractivity contribution >= 4 is 27.5 Å². The van der Waals surface area contributed by atoms with Crippen LogP contribution in [-0.2, 0) is 0 Å². The van der Waals surface area contributed by atoms with Gasteiger partial charge in [0.05, 0.1) is 19.6 Å². The topological polar surface area (TPSA) is 18.5 Å². The zero-order valence-corrected chi connectivity index (χ0v) is 12.8. The van der Waals surface area contributed by atoms with Crippen LogP contribution in [0.1, 0.15) is 37.1 Å². The number of alkyl halides is 1. The van der Waals surface area contributed by atoms with Gasteiger partial charge >= 0.3 is 0 Å². The maximum absolute atomic E-state index is 6.39. The van der Waals surface area contributed by atoms with E-state index in [-0.39, 0.29) is 5.38 Å². The van der Waals surface area contributed by atoms with Crippen molar-refractivity contribution in [2.24, 2.45) is 0 Å². The van der Waals surface area contributed by atoms with Crippen LogP contribution in [-0.4, -0.2) is 14.2 Å². The fraction of sp³-hybridized carbons (Fsp3) is 0.538. The van der Waals surface area contributed by atoms with E-state index in [2.05, 4.69) is 22.9 Å². The summed E-state index contributed by atoms with van der Waals surface area (Å²) in [7, 11) is 3.28. The van der Waals surface area contributed by atoms with Gasteiger partial charge in [0.1, 0.15) is 16.0 Å². The first-order valence-electron chi connectivity index (χ1n) is 5.70. The Bertz CT molecular complexity index is 369. The van der Waals surface area contributed by atoms with E-state index >= 15 is 0 Å². The van der Waals surface area contributed by atoms with Gasteiger partial charge in [0.25, 0.3) is 0 Å². The summed E-state index contributed by atoms with van der Waals surface area (Å²) in [4.78, 5) is 0. The van der Waals surface area contributed by atoms with Gasteiger partial charge in [-0.15, -0.1) is 11.6 Å². The summed E-state index contributed by atoms with van der Waals surface area (Å²) in [5, 5.41) is -0.0212. The van der Waals surface area contributed by atoms with E-state index in [1.807, 2.05) is 12.1 Å². The molecule has 0 aliphatic heterocycles. The van der Waals surface area contributed by atoms with E-state index in [9.17, 15) is 0 Å². The van der Waals surface area contributed by atoms with Crippen LogP contribution in [0.25, 0.3) is 0 Å². The number of hydrogen-bond donors (Lipinski definition) is 0. The van der Waals surface area contributed by atoms with Crippen molar-refractivity contribution in [3.05, 3.63) is 22.2 Å². The molecule has 1 aromatic rings. The normalized spacial score (nSPS) is 12.3. The molecule has 0 fully saturated rings. The Hall–Kier alpha value is -0.410. The summed E-state index contributed by atoms with van der Waals surface area (Å²) >= 11 is 9.88. The van der Waals surface area contributed by atoms with Gasteiger partial charge in [-0.3, -0.25) is 0 Å². The minimum Gasteiger partial charge on any atom is -0.495 e. The second kappa shape index (κ2) is 7.12. The van der Waals surface area contributed by atoms with Gasteiger partial charge in [-0.05, 0) is 28.4 Å². The number of unbranched alkanes of at least 4 members (excludes halogenated alkanes) is 1. The van der Waals surface area contributed by atoms with Crippen LogP contribution in [0.15, 0.2) is 16.6 Å². The highest BCUT2D eigenvalue weighted by Crippen LogP contribution is 2.42. The van der Waals surface area contributed by atoms with E-state index < -0.39 is 0 Å². The van der Waals surface area contributed by atoms with Gasteiger partial charge in [0.2, 0.25) is 0 Å². The number of halogens is 2. The lowest BCUT2D eigenvalue weighted by molar-refractivity contribution is 0.385. The van der Waals surface area contributed by atoms with E-state index in [1.165, 1.54) is 0 Å². The summed E-state index contributed by atoms with van der Waals surface area (Å²) in [5.74, 6) is 1.52. The monoisotopic (exact) mass is 320 g/mol. The third-order valence-corrected chi connectivity index (χ3v) is 3.87. The highest BCUT2D eigenvalue weighted by molar-refractivity contribution is 9.10. The number of methoxy groups -OCH3 is 2. The number of benzene rings is 1. The first-order chi connectivity index (χ1) is 8.15. The van der Waals surface area contributed by atoms with Crippen LogP contribution in [0.4, 0.5) is 0 Å². The molecule has 1 unspecified atom stereocenters. The standard InChI is InChI=1S/C13H18BrClO2/c1-4-5-6-10(15)9-7-8-11(16-2)12(14)13(9)17-3/h7-8,10H,4-6H2,1-3H3. The van der Waals surface area contributed by atoms with Crippen molar-refractivity contribution < 1.29 is 9.47 Å². The highest BCUT2D eigenvalue weighted by atomic mass is 79.9. The van der Waals surface area contributed by atoms with Crippen LogP contribution in [0.2, 0.25) is 0 Å². The molecule has 0 heterocycles. The molecule has 0 saturated heterocycles. The lowest BCUT2D eigenvalue weighted by atomic mass is 10.1. The molecule has 1 atom stereocenters. The molecule has 1 aromatic carbocycles. The predicted molar refractivity (Wildman–Crippen MR) is 75.4 cm³/mol. The Morgan fingerprint density at radius 3 is 2.53 bits per heavy atom. The average molecular weight is 322 g/mol. The maximum atomic E-state index is 6.39. The Labute approximate surface area is 116 Å². The lowest BCUT2D eigenvalue weighted by Gasteiger charge is -2.16. The first-order valence-corrected chi connectivity index (χ1v) is 6.93. The summed E-state index contributed by atoms with van der Waals surface area (Å²) in [5.41, 5.74) is 1.01. The smallest absolute Gasteiger partial charge is 0.141 e. The molecule has 0 aromatic heterocycles. The summed E-state index contributed by atoms with van der Waals surface area (Å²) in [6.45, 7) is 2.16. The summed E-state index contributed by atoms with van der Waals surface area (Å²) < 4.78 is 11.5. The molecule has 0 aliphatic rings. The largest absolute Gasteiger partial charge is 0.495 e. The van der Waals surface area contributed by atoms with Crippen LogP contribution in [0, 0.1) is 0 Å². The quantitative estimate of drug-likeness (QED) is 0.691. The lowest BCUT2D eigenvalue weighted by Crippen LogP contribution is -1.98. The van der Waals surface area contributed by atoms with Crippen LogP contribution in [0.3, 0.4) is 0 Å². The van der Waals surface area contributed by atoms with E-state index in [1.54, 1.807) is 14.2 Å². The Balaban J connectivity index is 3.03. The van der Waals surface area contributed by atoms with Gasteiger partial charge in [-0.1, -0.05) is 25.8 Å². The SMILES string of the molecule is CCCCC(Cl)c1ccc(OC)c(Br)c1OC. The molecule has 0 N–H and O–H groups in total. The minimum absolute atomic E-state index is 0.0212. The number of hydrogen-bond acceptors (Lipinski definition) is 2. The van der Waals surface area contributed by atoms with Gasteiger partial charge < -0.3 is 9.47 Å². The number of rotatable bonds is 6. The second-order valence-corrected chi connectivity index (χ2v) is 5.13.